The molecule has 0 aromatic heterocycles. The van der Waals surface area contributed by atoms with Gasteiger partial charge in [0.25, 0.3) is 0 Å². The number of methoxy groups -OCH3 is 1. The van der Waals surface area contributed by atoms with E-state index in [0.717, 1.165) is 10.5 Å². The molecule has 47 heavy (non-hydrogen) atoms. The maximum atomic E-state index is 14.5. The number of hydrogen-bond acceptors (Lipinski definition) is 6. The van der Waals surface area contributed by atoms with Crippen molar-refractivity contribution in [3.05, 3.63) is 58.1 Å². The molecule has 1 aromatic carbocycles. The molecule has 3 heterocycles. The minimum absolute atomic E-state index is 0. The van der Waals surface area contributed by atoms with Crippen molar-refractivity contribution in [2.75, 3.05) is 26.7 Å². The minimum atomic E-state index is -4.53. The Labute approximate surface area is 312 Å². The average molecular weight is 1010 g/mol. The van der Waals surface area contributed by atoms with E-state index in [-0.39, 0.29) is 64.1 Å². The summed E-state index contributed by atoms with van der Waals surface area (Å²) in [7, 11) is 1.51. The summed E-state index contributed by atoms with van der Waals surface area (Å²) in [6, 6.07) is 9.27. The van der Waals surface area contributed by atoms with E-state index in [1.54, 1.807) is 34.1 Å². The Bertz CT molecular complexity index is 1530. The summed E-state index contributed by atoms with van der Waals surface area (Å²) in [6.07, 6.45) is -2.57. The molecular weight excluding hydrogens is 976 g/mol. The normalized spacial score (nSPS) is 26.0. The molecule has 4 aliphatic rings. The van der Waals surface area contributed by atoms with Crippen LogP contribution in [0, 0.1) is 73.2 Å². The molecule has 2 unspecified atom stereocenters. The zero-order chi connectivity index (χ0) is 32.5. The first-order valence-corrected chi connectivity index (χ1v) is 17.4. The molecule has 4 atom stereocenters. The van der Waals surface area contributed by atoms with Gasteiger partial charge in [-0.05, 0) is 41.4 Å². The smallest absolute Gasteiger partial charge is 0.554 e. The molecule has 2 fully saturated rings. The molecule has 3 aliphatic heterocycles. The van der Waals surface area contributed by atoms with Crippen molar-refractivity contribution in [3.8, 4) is 11.8 Å². The monoisotopic (exact) mass is 1010 g/mol. The SMILES string of the molecule is COc1c[c-]ccc1COC(=O)[C@@]1(C)CCCC[C@H]1C(=O)N1CCC2=C(C(C#N)=CI=C2Cl)C1CN1CC(C(F)(F)F)CC1=O.[CH3-].[U+2]. The van der Waals surface area contributed by atoms with E-state index >= 15 is 0 Å². The number of likely N-dealkylation sites (tertiary alicyclic amines) is 1. The number of nitriles is 1. The molecule has 14 heteroatoms. The summed E-state index contributed by atoms with van der Waals surface area (Å²) in [5.41, 5.74) is 1.05. The number of nitrogens with zero attached hydrogens (tertiary/aromatic N) is 3. The molecule has 1 saturated heterocycles. The number of ether oxygens (including phenoxy) is 2. The molecule has 1 aliphatic carbocycles. The summed E-state index contributed by atoms with van der Waals surface area (Å²) < 4.78 is 54.2. The summed E-state index contributed by atoms with van der Waals surface area (Å²) in [6.45, 7) is 1.15. The van der Waals surface area contributed by atoms with Crippen LogP contribution >= 0.6 is 32.3 Å². The van der Waals surface area contributed by atoms with Gasteiger partial charge in [-0.25, -0.2) is 0 Å². The number of halogens is 5. The van der Waals surface area contributed by atoms with Crippen LogP contribution in [0.4, 0.5) is 13.2 Å². The van der Waals surface area contributed by atoms with Gasteiger partial charge in [-0.2, -0.15) is 36.6 Å². The van der Waals surface area contributed by atoms with Gasteiger partial charge in [-0.15, -0.1) is 6.07 Å². The van der Waals surface area contributed by atoms with Crippen molar-refractivity contribution in [2.24, 2.45) is 17.3 Å². The third-order valence-corrected chi connectivity index (χ3v) is 12.3. The predicted molar refractivity (Wildman–Crippen MR) is 175 cm³/mol. The maximum absolute atomic E-state index is 14.5. The minimum Gasteiger partial charge on any atom is -0.554 e. The first kappa shape index (κ1) is 39.6. The van der Waals surface area contributed by atoms with Gasteiger partial charge in [0.1, 0.15) is 0 Å². The average Bonchev–Trinajstić information content (AvgIpc) is 3.40. The molecule has 5 rings (SSSR count). The number of carbonyl (C=O) groups excluding carboxylic acids is 3. The Hall–Kier alpha value is -1.87. The Morgan fingerprint density at radius 3 is 2.70 bits per heavy atom. The molecule has 0 bridgehead atoms. The third-order valence-electron chi connectivity index (χ3n) is 9.35. The Morgan fingerprint density at radius 1 is 1.30 bits per heavy atom. The van der Waals surface area contributed by atoms with Crippen molar-refractivity contribution in [1.82, 2.24) is 9.80 Å². The van der Waals surface area contributed by atoms with Crippen molar-refractivity contribution < 1.29 is 68.1 Å². The van der Waals surface area contributed by atoms with Crippen LogP contribution in [0.25, 0.3) is 0 Å². The van der Waals surface area contributed by atoms with Crippen molar-refractivity contribution >= 4 is 53.1 Å². The van der Waals surface area contributed by atoms with Crippen molar-refractivity contribution in [3.63, 3.8) is 0 Å². The molecule has 0 radical (unpaired) electrons. The van der Waals surface area contributed by atoms with E-state index in [1.165, 1.54) is 7.11 Å². The number of esters is 1. The first-order chi connectivity index (χ1) is 21.4. The van der Waals surface area contributed by atoms with E-state index in [9.17, 15) is 32.8 Å². The molecule has 2 amide bonds. The fourth-order valence-corrected chi connectivity index (χ4v) is 9.27. The van der Waals surface area contributed by atoms with Gasteiger partial charge >= 0.3 is 43.3 Å². The van der Waals surface area contributed by atoms with Crippen LogP contribution in [0.3, 0.4) is 0 Å². The fourth-order valence-electron chi connectivity index (χ4n) is 6.80. The van der Waals surface area contributed by atoms with Crippen LogP contribution in [0.15, 0.2) is 39.0 Å². The van der Waals surface area contributed by atoms with Gasteiger partial charge in [-0.3, -0.25) is 14.4 Å². The quantitative estimate of drug-likeness (QED) is 0.182. The van der Waals surface area contributed by atoms with Crippen molar-refractivity contribution in [1.29, 1.82) is 5.26 Å². The molecular formula is C33H36ClF3IN3O5U. The van der Waals surface area contributed by atoms with Crippen LogP contribution in [0.1, 0.15) is 51.0 Å². The first-order valence-electron chi connectivity index (χ1n) is 14.7. The Balaban J connectivity index is 0.00000300. The van der Waals surface area contributed by atoms with Gasteiger partial charge in [0, 0.05) is 31.8 Å². The van der Waals surface area contributed by atoms with Gasteiger partial charge < -0.3 is 26.7 Å². The molecule has 8 nitrogen and oxygen atoms in total. The van der Waals surface area contributed by atoms with E-state index in [4.69, 9.17) is 21.1 Å². The third kappa shape index (κ3) is 8.13. The van der Waals surface area contributed by atoms with E-state index < -0.39 is 75.0 Å². The summed E-state index contributed by atoms with van der Waals surface area (Å²) in [4.78, 5) is 43.8. The number of amides is 2. The predicted octanol–water partition coefficient (Wildman–Crippen LogP) is 6.25. The number of alkyl halides is 3. The summed E-state index contributed by atoms with van der Waals surface area (Å²) >= 11 is 5.86. The van der Waals surface area contributed by atoms with Crippen LogP contribution in [0.5, 0.6) is 5.75 Å². The van der Waals surface area contributed by atoms with E-state index in [2.05, 4.69) is 12.1 Å². The zero-order valence-electron chi connectivity index (χ0n) is 26.4. The summed E-state index contributed by atoms with van der Waals surface area (Å²) in [5.74, 6) is -3.58. The second-order valence-electron chi connectivity index (χ2n) is 12.0. The van der Waals surface area contributed by atoms with Crippen LogP contribution in [-0.2, 0) is 25.7 Å². The van der Waals surface area contributed by atoms with E-state index in [0.29, 0.717) is 57.5 Å². The molecule has 0 N–H and O–H groups in total. The van der Waals surface area contributed by atoms with Gasteiger partial charge in [0.15, 0.2) is 0 Å². The zero-order valence-corrected chi connectivity index (χ0v) is 33.5. The van der Waals surface area contributed by atoms with Crippen LogP contribution in [0.2, 0.25) is 0 Å². The molecule has 1 aromatic rings. The standard InChI is InChI=1S/C32H33ClF3IN3O5.CH3.U/c1-31(30(43)45-18-19-7-3-4-9-25(19)44-2)11-6-5-8-23(31)29(42)40-12-10-22-27(20(15-38)14-37-28(22)33)24(40)17-39-16-21(13-26(39)41)32(34,35)36;;/h3,7,9,14,21,23-24H,5-6,8,10-13,16-18H2,1-2H3;1H3;/q2*-1;+2/t21?,23-,24?,31-;;/m0../s1. The number of rotatable bonds is 7. The van der Waals surface area contributed by atoms with Crippen molar-refractivity contribution in [2.45, 2.75) is 64.3 Å². The Kier molecular flexibility index (Phi) is 13.7. The van der Waals surface area contributed by atoms with Crippen LogP contribution < -0.4 is 4.74 Å². The number of benzene rings is 1. The number of hydrogen-bond donors (Lipinski definition) is 0. The Morgan fingerprint density at radius 2 is 2.04 bits per heavy atom. The largest absolute Gasteiger partial charge is 2.00 e. The maximum Gasteiger partial charge on any atom is 2.00 e. The summed E-state index contributed by atoms with van der Waals surface area (Å²) in [5, 5.41) is 10.0. The second-order valence-corrected chi connectivity index (χ2v) is 15.3. The van der Waals surface area contributed by atoms with Crippen LogP contribution in [-0.4, -0.2) is 69.5 Å². The molecule has 1 saturated carbocycles. The number of carbonyl (C=O) groups is 3. The van der Waals surface area contributed by atoms with Gasteiger partial charge in [0.2, 0.25) is 11.8 Å². The van der Waals surface area contributed by atoms with E-state index in [1.807, 2.05) is 0 Å². The topological polar surface area (TPSA) is 99.9 Å². The molecule has 252 valence electrons. The fraction of sp³-hybridized carbons (Fsp3) is 0.515. The second kappa shape index (κ2) is 16.2. The van der Waals surface area contributed by atoms with Gasteiger partial charge in [0.05, 0.1) is 51.6 Å². The molecule has 0 spiro atoms. The van der Waals surface area contributed by atoms with Gasteiger partial charge in [-0.1, -0.05) is 50.7 Å².